The van der Waals surface area contributed by atoms with Crippen molar-refractivity contribution in [3.05, 3.63) is 35.9 Å². The van der Waals surface area contributed by atoms with Crippen molar-refractivity contribution in [3.63, 3.8) is 0 Å². The fourth-order valence-electron chi connectivity index (χ4n) is 8.33. The number of unbranched alkanes of at least 4 members (excludes halogenated alkanes) is 1. The molecule has 4 rings (SSSR count). The van der Waals surface area contributed by atoms with Crippen LogP contribution in [0.1, 0.15) is 50.5 Å². The lowest BCUT2D eigenvalue weighted by molar-refractivity contribution is -0.141. The average Bonchev–Trinajstić information content (AvgIpc) is 3.31. The highest BCUT2D eigenvalue weighted by atomic mass is 16.4. The van der Waals surface area contributed by atoms with E-state index < -0.39 is 96.5 Å². The molecule has 2 saturated heterocycles. The number of carboxylic acids is 4. The average molecular weight is 1020 g/mol. The summed E-state index contributed by atoms with van der Waals surface area (Å²) in [5.41, 5.74) is 6.47. The van der Waals surface area contributed by atoms with E-state index in [1.54, 1.807) is 49.9 Å². The van der Waals surface area contributed by atoms with E-state index in [1.165, 1.54) is 0 Å². The molecular weight excluding hydrogens is 947 g/mol. The topological polar surface area (TPSA) is 387 Å². The molecule has 0 spiro atoms. The van der Waals surface area contributed by atoms with Crippen LogP contribution in [0, 0.1) is 0 Å². The molecule has 3 heterocycles. The molecule has 13 N–H and O–H groups in total. The summed E-state index contributed by atoms with van der Waals surface area (Å²) in [6, 6.07) is 2.84. The zero-order chi connectivity index (χ0) is 52.6. The first-order chi connectivity index (χ1) is 34.3. The Kier molecular flexibility index (Phi) is 24.0. The van der Waals surface area contributed by atoms with Gasteiger partial charge >= 0.3 is 23.9 Å². The maximum atomic E-state index is 14.2. The predicted molar refractivity (Wildman–Crippen MR) is 256 cm³/mol. The van der Waals surface area contributed by atoms with Crippen LogP contribution in [-0.2, 0) is 54.4 Å². The van der Waals surface area contributed by atoms with Crippen LogP contribution < -0.4 is 43.0 Å². The minimum Gasteiger partial charge on any atom is -0.481 e. The zero-order valence-electron chi connectivity index (χ0n) is 40.2. The number of carbonyl (C=O) groups is 10. The smallest absolute Gasteiger partial charge is 0.317 e. The van der Waals surface area contributed by atoms with Crippen LogP contribution in [0.5, 0.6) is 0 Å². The minimum atomic E-state index is -1.64. The van der Waals surface area contributed by atoms with Crippen LogP contribution in [0.15, 0.2) is 35.3 Å². The highest BCUT2D eigenvalue weighted by Gasteiger charge is 2.34. The largest absolute Gasteiger partial charge is 0.481 e. The third-order valence-corrected chi connectivity index (χ3v) is 12.2. The fourth-order valence-corrected chi connectivity index (χ4v) is 8.33. The Labute approximate surface area is 416 Å². The summed E-state index contributed by atoms with van der Waals surface area (Å²) in [7, 11) is 0. The molecule has 0 bridgehead atoms. The van der Waals surface area contributed by atoms with Gasteiger partial charge in [0.25, 0.3) is 0 Å². The van der Waals surface area contributed by atoms with Crippen molar-refractivity contribution in [3.8, 4) is 0 Å². The summed E-state index contributed by atoms with van der Waals surface area (Å²) in [6.45, 7) is 0.545. The van der Waals surface area contributed by atoms with Gasteiger partial charge in [-0.05, 0) is 44.1 Å². The molecular formula is C45H69N13O14. The van der Waals surface area contributed by atoms with Crippen LogP contribution in [0.3, 0.4) is 0 Å². The lowest BCUT2D eigenvalue weighted by Gasteiger charge is -2.32. The molecule has 1 aromatic carbocycles. The highest BCUT2D eigenvalue weighted by molar-refractivity contribution is 5.98. The van der Waals surface area contributed by atoms with Gasteiger partial charge < -0.3 is 63.4 Å². The van der Waals surface area contributed by atoms with E-state index >= 15 is 0 Å². The summed E-state index contributed by atoms with van der Waals surface area (Å²) < 4.78 is 0. The summed E-state index contributed by atoms with van der Waals surface area (Å²) >= 11 is 0. The number of hydrogen-bond donors (Lipinski definition) is 12. The van der Waals surface area contributed by atoms with Crippen LogP contribution in [-0.4, -0.2) is 234 Å². The molecule has 1 aromatic rings. The quantitative estimate of drug-likeness (QED) is 0.0544. The van der Waals surface area contributed by atoms with Gasteiger partial charge in [0.2, 0.25) is 35.4 Å². The van der Waals surface area contributed by atoms with Crippen LogP contribution in [0.4, 0.5) is 0 Å². The van der Waals surface area contributed by atoms with Crippen LogP contribution in [0.25, 0.3) is 0 Å². The molecule has 5 atom stereocenters. The van der Waals surface area contributed by atoms with Crippen molar-refractivity contribution < 1.29 is 68.4 Å². The van der Waals surface area contributed by atoms with Crippen molar-refractivity contribution in [2.24, 2.45) is 10.7 Å². The number of amides is 6. The second kappa shape index (κ2) is 30.0. The number of nitrogens with one attached hydrogen (secondary N) is 7. The van der Waals surface area contributed by atoms with Gasteiger partial charge in [-0.25, -0.2) is 0 Å². The third-order valence-electron chi connectivity index (χ3n) is 12.2. The Bertz CT molecular complexity index is 2050. The molecule has 3 aliphatic heterocycles. The maximum Gasteiger partial charge on any atom is 0.317 e. The second-order valence-corrected chi connectivity index (χ2v) is 17.9. The lowest BCUT2D eigenvalue weighted by atomic mass is 10.0. The van der Waals surface area contributed by atoms with E-state index in [0.717, 1.165) is 0 Å². The monoisotopic (exact) mass is 1020 g/mol. The molecule has 0 saturated carbocycles. The van der Waals surface area contributed by atoms with Crippen LogP contribution in [0.2, 0.25) is 0 Å². The summed E-state index contributed by atoms with van der Waals surface area (Å²) in [5, 5.41) is 56.8. The molecule has 3 aliphatic rings. The number of carboxylic acid groups (broad SMARTS) is 4. The number of guanidine groups is 1. The minimum absolute atomic E-state index is 0.0124. The van der Waals surface area contributed by atoms with Crippen molar-refractivity contribution >= 4 is 65.3 Å². The van der Waals surface area contributed by atoms with E-state index in [0.29, 0.717) is 31.4 Å². The molecule has 27 nitrogen and oxygen atoms in total. The van der Waals surface area contributed by atoms with Gasteiger partial charge in [0.05, 0.1) is 39.1 Å². The van der Waals surface area contributed by atoms with Gasteiger partial charge in [-0.1, -0.05) is 30.3 Å². The third kappa shape index (κ3) is 22.0. The first kappa shape index (κ1) is 57.6. The maximum absolute atomic E-state index is 14.2. The number of carbonyl (C=O) groups excluding carboxylic acids is 6. The number of benzene rings is 1. The Morgan fingerprint density at radius 2 is 1.08 bits per heavy atom. The van der Waals surface area contributed by atoms with Crippen molar-refractivity contribution in [1.29, 1.82) is 0 Å². The van der Waals surface area contributed by atoms with Gasteiger partial charge in [-0.2, -0.15) is 0 Å². The number of nitrogens with zero attached hydrogens (tertiary/aromatic N) is 5. The van der Waals surface area contributed by atoms with E-state index in [1.807, 2.05) is 0 Å². The van der Waals surface area contributed by atoms with Crippen molar-refractivity contribution in [2.45, 2.75) is 81.6 Å². The van der Waals surface area contributed by atoms with Gasteiger partial charge in [-0.3, -0.25) is 72.5 Å². The Morgan fingerprint density at radius 3 is 1.61 bits per heavy atom. The molecule has 0 aromatic heterocycles. The second-order valence-electron chi connectivity index (χ2n) is 17.9. The summed E-state index contributed by atoms with van der Waals surface area (Å²) in [5.74, 6) is -9.06. The number of rotatable bonds is 20. The fraction of sp³-hybridized carbons (Fsp3) is 0.622. The Hall–Kier alpha value is -6.97. The van der Waals surface area contributed by atoms with Gasteiger partial charge in [0.15, 0.2) is 5.96 Å². The molecule has 72 heavy (non-hydrogen) atoms. The van der Waals surface area contributed by atoms with E-state index in [-0.39, 0.29) is 123 Å². The van der Waals surface area contributed by atoms with E-state index in [2.05, 4.69) is 42.2 Å². The van der Waals surface area contributed by atoms with Gasteiger partial charge in [-0.15, -0.1) is 0 Å². The van der Waals surface area contributed by atoms with Gasteiger partial charge in [0.1, 0.15) is 24.2 Å². The number of hydrogen-bond acceptors (Lipinski definition) is 17. The number of nitrogens with two attached hydrogens (primary N) is 1. The van der Waals surface area contributed by atoms with E-state index in [4.69, 9.17) is 5.73 Å². The Balaban J connectivity index is 1.49. The predicted octanol–water partition coefficient (Wildman–Crippen LogP) is -5.01. The van der Waals surface area contributed by atoms with E-state index in [9.17, 15) is 68.4 Å². The summed E-state index contributed by atoms with van der Waals surface area (Å²) in [6.07, 6.45) is 0.571. The summed E-state index contributed by atoms with van der Waals surface area (Å²) in [4.78, 5) is 140. The first-order valence-corrected chi connectivity index (χ1v) is 23.9. The molecule has 2 fully saturated rings. The van der Waals surface area contributed by atoms with Crippen molar-refractivity contribution in [2.75, 3.05) is 98.2 Å². The highest BCUT2D eigenvalue weighted by Crippen LogP contribution is 2.12. The Morgan fingerprint density at radius 1 is 0.583 bits per heavy atom. The normalized spacial score (nSPS) is 23.3. The first-order valence-electron chi connectivity index (χ1n) is 23.9. The standard InChI is InChI=1S/C45H69N13O14/c46-45-48-13-11-30(50-45)9-10-32-41(69)49-24-35(59)51-34(23-37(61)62)44(72)54-33(22-29-6-2-1-3-7-29)43(71)52-31(42(70)53-32)8-4-5-12-47-36(60)25-55-14-16-56(26-38(63)64)18-20-58(28-40(67)68)21-19-57(17-15-55)27-39(65)66/h1-3,6-7,30-34H,4-5,8-28H2,(H,47,60)(H,49,69)(H,51,59)(H,52,71)(H,53,70)(H,54,72)(H,61,62)(H,63,64)(H,65,66)(H,67,68)(H3,46,48,50). The molecule has 398 valence electrons. The SMILES string of the molecule is NC1=NCCC(CCC2NC(=O)C(CCCCNC(=O)CN3CCN(CC(=O)O)CCN(CC(=O)O)CCN(CC(=O)O)CC3)NC(=O)C(Cc3ccccc3)NC(=O)C(CC(=O)O)NC(=O)CNC2=O)N1. The molecule has 5 unspecified atom stereocenters. The number of aliphatic imine (C=N–C) groups is 1. The lowest BCUT2D eigenvalue weighted by Crippen LogP contribution is -2.58. The van der Waals surface area contributed by atoms with Crippen molar-refractivity contribution in [1.82, 2.24) is 56.8 Å². The molecule has 27 heteroatoms. The zero-order valence-corrected chi connectivity index (χ0v) is 40.2. The molecule has 0 aliphatic carbocycles. The number of aliphatic carboxylic acids is 4. The molecule has 0 radical (unpaired) electrons. The molecule has 6 amide bonds. The van der Waals surface area contributed by atoms with Crippen LogP contribution >= 0.6 is 0 Å². The van der Waals surface area contributed by atoms with Gasteiger partial charge in [0, 0.05) is 77.9 Å².